The summed E-state index contributed by atoms with van der Waals surface area (Å²) in [6, 6.07) is 5.05. The molecule has 0 aliphatic rings. The third-order valence-corrected chi connectivity index (χ3v) is 2.51. The van der Waals surface area contributed by atoms with Crippen molar-refractivity contribution < 1.29 is 9.53 Å². The minimum atomic E-state index is -0.621. The number of carbonyl (C=O) groups is 1. The average molecular weight is 271 g/mol. The summed E-state index contributed by atoms with van der Waals surface area (Å²) in [7, 11) is 1.26. The van der Waals surface area contributed by atoms with Crippen LogP contribution in [0.4, 0.5) is 4.79 Å². The average Bonchev–Trinajstić information content (AvgIpc) is 2.55. The highest BCUT2D eigenvalue weighted by atomic mass is 79.9. The molecule has 1 aromatic heterocycles. The van der Waals surface area contributed by atoms with Crippen LogP contribution in [0, 0.1) is 0 Å². The lowest BCUT2D eigenvalue weighted by Gasteiger charge is -1.99. The van der Waals surface area contributed by atoms with Crippen LogP contribution in [0.5, 0.6) is 0 Å². The lowest BCUT2D eigenvalue weighted by atomic mass is 10.2. The van der Waals surface area contributed by atoms with Crippen molar-refractivity contribution in [3.63, 3.8) is 0 Å². The summed E-state index contributed by atoms with van der Waals surface area (Å²) < 4.78 is 6.38. The number of aromatic amines is 1. The quantitative estimate of drug-likeness (QED) is 0.793. The number of H-pyrrole nitrogens is 1. The maximum atomic E-state index is 11.5. The van der Waals surface area contributed by atoms with Crippen molar-refractivity contribution >= 4 is 32.9 Å². The number of hydrogen-bond donors (Lipinski definition) is 1. The second kappa shape index (κ2) is 3.54. The maximum Gasteiger partial charge on any atom is 0.433 e. The van der Waals surface area contributed by atoms with Gasteiger partial charge in [0, 0.05) is 4.47 Å². The first-order valence-electron chi connectivity index (χ1n) is 4.12. The molecule has 0 atom stereocenters. The van der Waals surface area contributed by atoms with Crippen LogP contribution in [-0.4, -0.2) is 23.0 Å². The molecule has 1 N–H and O–H groups in total. The molecule has 0 saturated heterocycles. The number of rotatable bonds is 0. The molecule has 1 heterocycles. The molecule has 2 rings (SSSR count). The summed E-state index contributed by atoms with van der Waals surface area (Å²) in [6.07, 6.45) is -0.621. The number of benzene rings is 1. The van der Waals surface area contributed by atoms with Crippen LogP contribution in [-0.2, 0) is 4.74 Å². The molecular weight excluding hydrogens is 264 g/mol. The van der Waals surface area contributed by atoms with Gasteiger partial charge < -0.3 is 4.74 Å². The second-order valence-electron chi connectivity index (χ2n) is 2.91. The van der Waals surface area contributed by atoms with Crippen molar-refractivity contribution in [1.29, 1.82) is 0 Å². The highest BCUT2D eigenvalue weighted by Crippen LogP contribution is 2.16. The van der Waals surface area contributed by atoms with E-state index in [-0.39, 0.29) is 5.56 Å². The Bertz CT molecular complexity index is 585. The molecule has 15 heavy (non-hydrogen) atoms. The van der Waals surface area contributed by atoms with Gasteiger partial charge in [-0.1, -0.05) is 15.9 Å². The van der Waals surface area contributed by atoms with Gasteiger partial charge in [-0.15, -0.1) is 0 Å². The molecule has 1 aromatic carbocycles. The first kappa shape index (κ1) is 9.97. The number of halogens is 1. The third kappa shape index (κ3) is 1.56. The highest BCUT2D eigenvalue weighted by molar-refractivity contribution is 9.10. The number of fused-ring (bicyclic) bond motifs is 1. The van der Waals surface area contributed by atoms with Crippen LogP contribution in [0.25, 0.3) is 10.9 Å². The molecule has 0 bridgehead atoms. The van der Waals surface area contributed by atoms with E-state index in [1.165, 1.54) is 7.11 Å². The fourth-order valence-corrected chi connectivity index (χ4v) is 1.70. The first-order valence-corrected chi connectivity index (χ1v) is 4.91. The summed E-state index contributed by atoms with van der Waals surface area (Å²) in [5, 5.41) is 2.84. The van der Waals surface area contributed by atoms with E-state index >= 15 is 0 Å². The Morgan fingerprint density at radius 3 is 2.93 bits per heavy atom. The monoisotopic (exact) mass is 270 g/mol. The predicted octanol–water partition coefficient (Wildman–Crippen LogP) is 1.71. The van der Waals surface area contributed by atoms with Gasteiger partial charge >= 0.3 is 6.09 Å². The number of nitrogens with zero attached hydrogens (tertiary/aromatic N) is 1. The number of aromatic nitrogens is 2. The van der Waals surface area contributed by atoms with Gasteiger partial charge in [-0.05, 0) is 18.2 Å². The van der Waals surface area contributed by atoms with Gasteiger partial charge in [-0.2, -0.15) is 4.68 Å². The van der Waals surface area contributed by atoms with Crippen LogP contribution in [0.15, 0.2) is 27.5 Å². The SMILES string of the molecule is COC(=O)n1[nH]c(=O)c2cc(Br)ccc21. The lowest BCUT2D eigenvalue weighted by molar-refractivity contribution is 0.170. The Morgan fingerprint density at radius 2 is 2.27 bits per heavy atom. The second-order valence-corrected chi connectivity index (χ2v) is 3.82. The van der Waals surface area contributed by atoms with Gasteiger partial charge in [-0.3, -0.25) is 9.89 Å². The van der Waals surface area contributed by atoms with E-state index in [9.17, 15) is 9.59 Å². The molecule has 0 saturated carbocycles. The molecule has 0 aliphatic carbocycles. The zero-order valence-corrected chi connectivity index (χ0v) is 9.37. The van der Waals surface area contributed by atoms with E-state index in [1.807, 2.05) is 0 Å². The van der Waals surface area contributed by atoms with E-state index in [2.05, 4.69) is 25.8 Å². The van der Waals surface area contributed by atoms with Crippen LogP contribution in [0.2, 0.25) is 0 Å². The fourth-order valence-electron chi connectivity index (χ4n) is 1.34. The molecule has 0 radical (unpaired) electrons. The molecular formula is C9H7BrN2O3. The van der Waals surface area contributed by atoms with Crippen molar-refractivity contribution in [2.75, 3.05) is 7.11 Å². The summed E-state index contributed by atoms with van der Waals surface area (Å²) >= 11 is 3.25. The summed E-state index contributed by atoms with van der Waals surface area (Å²) in [5.74, 6) is 0. The van der Waals surface area contributed by atoms with E-state index in [4.69, 9.17) is 0 Å². The topological polar surface area (TPSA) is 64.1 Å². The number of nitrogens with one attached hydrogen (secondary N) is 1. The predicted molar refractivity (Wildman–Crippen MR) is 58.1 cm³/mol. The minimum absolute atomic E-state index is 0.322. The van der Waals surface area contributed by atoms with Crippen LogP contribution >= 0.6 is 15.9 Å². The first-order chi connectivity index (χ1) is 7.13. The fraction of sp³-hybridized carbons (Fsp3) is 0.111. The molecule has 0 unspecified atom stereocenters. The molecule has 0 amide bonds. The Labute approximate surface area is 92.8 Å². The Morgan fingerprint density at radius 1 is 1.53 bits per heavy atom. The molecule has 78 valence electrons. The number of carbonyl (C=O) groups excluding carboxylic acids is 1. The molecule has 0 spiro atoms. The Hall–Kier alpha value is -1.56. The van der Waals surface area contributed by atoms with E-state index in [1.54, 1.807) is 18.2 Å². The summed E-state index contributed by atoms with van der Waals surface area (Å²) in [6.45, 7) is 0. The largest absolute Gasteiger partial charge is 0.451 e. The molecule has 5 nitrogen and oxygen atoms in total. The Kier molecular flexibility index (Phi) is 2.36. The van der Waals surface area contributed by atoms with Crippen molar-refractivity contribution in [3.8, 4) is 0 Å². The van der Waals surface area contributed by atoms with Crippen molar-refractivity contribution in [2.24, 2.45) is 0 Å². The molecule has 0 fully saturated rings. The number of hydrogen-bond acceptors (Lipinski definition) is 3. The van der Waals surface area contributed by atoms with Crippen molar-refractivity contribution in [1.82, 2.24) is 9.78 Å². The smallest absolute Gasteiger partial charge is 0.433 e. The van der Waals surface area contributed by atoms with Gasteiger partial charge in [0.25, 0.3) is 5.56 Å². The number of methoxy groups -OCH3 is 1. The van der Waals surface area contributed by atoms with Crippen LogP contribution in [0.3, 0.4) is 0 Å². The lowest BCUT2D eigenvalue weighted by Crippen LogP contribution is -2.15. The normalized spacial score (nSPS) is 10.5. The van der Waals surface area contributed by atoms with Crippen molar-refractivity contribution in [3.05, 3.63) is 33.0 Å². The standard InChI is InChI=1S/C9H7BrN2O3/c1-15-9(14)12-7-3-2-5(10)4-6(7)8(13)11-12/h2-4H,1H3,(H,11,13). The third-order valence-electron chi connectivity index (χ3n) is 2.01. The molecule has 2 aromatic rings. The zero-order valence-electron chi connectivity index (χ0n) is 7.78. The van der Waals surface area contributed by atoms with Crippen LogP contribution < -0.4 is 5.56 Å². The minimum Gasteiger partial charge on any atom is -0.451 e. The Balaban J connectivity index is 2.79. The van der Waals surface area contributed by atoms with Crippen molar-refractivity contribution in [2.45, 2.75) is 0 Å². The summed E-state index contributed by atoms with van der Waals surface area (Å²) in [4.78, 5) is 22.8. The molecule has 0 aliphatic heterocycles. The number of ether oxygens (including phenoxy) is 1. The van der Waals surface area contributed by atoms with Crippen LogP contribution in [0.1, 0.15) is 0 Å². The summed E-state index contributed by atoms with van der Waals surface area (Å²) in [5.41, 5.74) is 0.173. The van der Waals surface area contributed by atoms with Gasteiger partial charge in [0.05, 0.1) is 18.0 Å². The van der Waals surface area contributed by atoms with Gasteiger partial charge in [0.15, 0.2) is 0 Å². The highest BCUT2D eigenvalue weighted by Gasteiger charge is 2.12. The van der Waals surface area contributed by atoms with E-state index in [0.717, 1.165) is 9.15 Å². The zero-order chi connectivity index (χ0) is 11.0. The van der Waals surface area contributed by atoms with Gasteiger partial charge in [-0.25, -0.2) is 4.79 Å². The molecule has 6 heteroatoms. The van der Waals surface area contributed by atoms with Gasteiger partial charge in [0.1, 0.15) is 0 Å². The maximum absolute atomic E-state index is 11.5. The van der Waals surface area contributed by atoms with E-state index in [0.29, 0.717) is 10.9 Å². The van der Waals surface area contributed by atoms with E-state index < -0.39 is 6.09 Å². The van der Waals surface area contributed by atoms with Gasteiger partial charge in [0.2, 0.25) is 0 Å².